The van der Waals surface area contributed by atoms with Crippen LogP contribution in [-0.2, 0) is 11.3 Å². The molecule has 0 fully saturated rings. The Morgan fingerprint density at radius 3 is 2.41 bits per heavy atom. The van der Waals surface area contributed by atoms with E-state index in [9.17, 15) is 14.0 Å². The average molecular weight is 384 g/mol. The SMILES string of the molecule is COC(=O)c1ccc(CN(C)C(=O)c2csc(-c3ccc(F)cc3)n2)cc1. The second-order valence-corrected chi connectivity index (χ2v) is 6.75. The molecule has 1 heterocycles. The molecule has 0 spiro atoms. The van der Waals surface area contributed by atoms with Crippen molar-refractivity contribution in [2.24, 2.45) is 0 Å². The lowest BCUT2D eigenvalue weighted by Crippen LogP contribution is -2.26. The molecule has 7 heteroatoms. The van der Waals surface area contributed by atoms with Gasteiger partial charge in [-0.05, 0) is 42.0 Å². The third-order valence-corrected chi connectivity index (χ3v) is 4.85. The fourth-order valence-corrected chi connectivity index (χ4v) is 3.30. The van der Waals surface area contributed by atoms with E-state index in [1.165, 1.54) is 30.6 Å². The van der Waals surface area contributed by atoms with Gasteiger partial charge in [0.15, 0.2) is 0 Å². The van der Waals surface area contributed by atoms with Crippen LogP contribution >= 0.6 is 11.3 Å². The van der Waals surface area contributed by atoms with Crippen LogP contribution in [0, 0.1) is 5.82 Å². The maximum Gasteiger partial charge on any atom is 0.337 e. The lowest BCUT2D eigenvalue weighted by molar-refractivity contribution is 0.0600. The molecule has 0 bridgehead atoms. The van der Waals surface area contributed by atoms with Gasteiger partial charge in [-0.15, -0.1) is 11.3 Å². The molecule has 1 amide bonds. The standard InChI is InChI=1S/C20H17FN2O3S/c1-23(11-13-3-5-15(6-4-13)20(25)26-2)19(24)17-12-27-18(22-17)14-7-9-16(21)10-8-14/h3-10,12H,11H2,1-2H3. The van der Waals surface area contributed by atoms with Gasteiger partial charge in [0.2, 0.25) is 0 Å². The summed E-state index contributed by atoms with van der Waals surface area (Å²) in [7, 11) is 3.02. The number of carbonyl (C=O) groups excluding carboxylic acids is 2. The number of aromatic nitrogens is 1. The zero-order valence-corrected chi connectivity index (χ0v) is 15.6. The third kappa shape index (κ3) is 4.38. The highest BCUT2D eigenvalue weighted by molar-refractivity contribution is 7.13. The number of rotatable bonds is 5. The Labute approximate surface area is 160 Å². The number of halogens is 1. The minimum Gasteiger partial charge on any atom is -0.465 e. The summed E-state index contributed by atoms with van der Waals surface area (Å²) in [4.78, 5) is 30.0. The summed E-state index contributed by atoms with van der Waals surface area (Å²) >= 11 is 1.34. The van der Waals surface area contributed by atoms with Crippen LogP contribution in [0.25, 0.3) is 10.6 Å². The highest BCUT2D eigenvalue weighted by Gasteiger charge is 2.17. The molecule has 0 saturated carbocycles. The molecular weight excluding hydrogens is 367 g/mol. The number of thiazole rings is 1. The largest absolute Gasteiger partial charge is 0.465 e. The zero-order chi connectivity index (χ0) is 19.4. The number of esters is 1. The number of ether oxygens (including phenoxy) is 1. The van der Waals surface area contributed by atoms with E-state index in [0.717, 1.165) is 11.1 Å². The van der Waals surface area contributed by atoms with E-state index in [0.29, 0.717) is 22.8 Å². The second-order valence-electron chi connectivity index (χ2n) is 5.89. The van der Waals surface area contributed by atoms with Crippen molar-refractivity contribution in [3.8, 4) is 10.6 Å². The van der Waals surface area contributed by atoms with Gasteiger partial charge in [-0.1, -0.05) is 12.1 Å². The molecule has 0 unspecified atom stereocenters. The van der Waals surface area contributed by atoms with Crippen LogP contribution in [-0.4, -0.2) is 35.9 Å². The number of amides is 1. The molecule has 3 rings (SSSR count). The summed E-state index contributed by atoms with van der Waals surface area (Å²) in [6, 6.07) is 12.9. The van der Waals surface area contributed by atoms with Gasteiger partial charge in [0.1, 0.15) is 16.5 Å². The molecule has 0 aliphatic carbocycles. The first-order valence-electron chi connectivity index (χ1n) is 8.12. The van der Waals surface area contributed by atoms with E-state index < -0.39 is 5.97 Å². The smallest absolute Gasteiger partial charge is 0.337 e. The number of benzene rings is 2. The minimum absolute atomic E-state index is 0.211. The maximum atomic E-state index is 13.0. The molecule has 0 aliphatic rings. The summed E-state index contributed by atoms with van der Waals surface area (Å²) in [5.74, 6) is -0.928. The van der Waals surface area contributed by atoms with Gasteiger partial charge in [0.05, 0.1) is 12.7 Å². The molecule has 0 saturated heterocycles. The van der Waals surface area contributed by atoms with E-state index in [4.69, 9.17) is 0 Å². The summed E-state index contributed by atoms with van der Waals surface area (Å²) in [5, 5.41) is 2.35. The van der Waals surface area contributed by atoms with E-state index >= 15 is 0 Å². The molecule has 5 nitrogen and oxygen atoms in total. The number of hydrogen-bond donors (Lipinski definition) is 0. The van der Waals surface area contributed by atoms with Gasteiger partial charge in [-0.25, -0.2) is 14.2 Å². The van der Waals surface area contributed by atoms with Crippen molar-refractivity contribution in [1.82, 2.24) is 9.88 Å². The van der Waals surface area contributed by atoms with E-state index in [1.54, 1.807) is 53.7 Å². The van der Waals surface area contributed by atoms with Crippen LogP contribution in [0.4, 0.5) is 4.39 Å². The minimum atomic E-state index is -0.401. The molecule has 0 aliphatic heterocycles. The molecule has 3 aromatic rings. The predicted molar refractivity (Wildman–Crippen MR) is 101 cm³/mol. The van der Waals surface area contributed by atoms with Crippen LogP contribution in [0.1, 0.15) is 26.4 Å². The first-order valence-corrected chi connectivity index (χ1v) is 9.00. The number of nitrogens with zero attached hydrogens (tertiary/aromatic N) is 2. The topological polar surface area (TPSA) is 59.5 Å². The normalized spacial score (nSPS) is 10.5. The Balaban J connectivity index is 1.68. The van der Waals surface area contributed by atoms with Gasteiger partial charge in [0.25, 0.3) is 5.91 Å². The number of carbonyl (C=O) groups is 2. The van der Waals surface area contributed by atoms with Gasteiger partial charge >= 0.3 is 5.97 Å². The molecule has 0 N–H and O–H groups in total. The summed E-state index contributed by atoms with van der Waals surface area (Å²) < 4.78 is 17.7. The summed E-state index contributed by atoms with van der Waals surface area (Å²) in [5.41, 5.74) is 2.45. The monoisotopic (exact) mass is 384 g/mol. The van der Waals surface area contributed by atoms with Crippen molar-refractivity contribution in [2.75, 3.05) is 14.2 Å². The molecule has 1 aromatic heterocycles. The van der Waals surface area contributed by atoms with Gasteiger partial charge in [0, 0.05) is 24.5 Å². The van der Waals surface area contributed by atoms with E-state index in [2.05, 4.69) is 9.72 Å². The average Bonchev–Trinajstić information content (AvgIpc) is 3.18. The quantitative estimate of drug-likeness (QED) is 0.624. The number of methoxy groups -OCH3 is 1. The van der Waals surface area contributed by atoms with Crippen LogP contribution < -0.4 is 0 Å². The summed E-state index contributed by atoms with van der Waals surface area (Å²) in [6.45, 7) is 0.379. The van der Waals surface area contributed by atoms with Gasteiger partial charge < -0.3 is 9.64 Å². The molecule has 0 atom stereocenters. The first kappa shape index (κ1) is 18.7. The lowest BCUT2D eigenvalue weighted by Gasteiger charge is -2.16. The zero-order valence-electron chi connectivity index (χ0n) is 14.8. The van der Waals surface area contributed by atoms with Crippen molar-refractivity contribution in [3.63, 3.8) is 0 Å². The Morgan fingerprint density at radius 1 is 1.11 bits per heavy atom. The number of hydrogen-bond acceptors (Lipinski definition) is 5. The first-order chi connectivity index (χ1) is 13.0. The molecular formula is C20H17FN2O3S. The Hall–Kier alpha value is -3.06. The van der Waals surface area contributed by atoms with E-state index in [1.807, 2.05) is 0 Å². The highest BCUT2D eigenvalue weighted by Crippen LogP contribution is 2.24. The van der Waals surface area contributed by atoms with Crippen molar-refractivity contribution in [2.45, 2.75) is 6.54 Å². The van der Waals surface area contributed by atoms with Crippen LogP contribution in [0.15, 0.2) is 53.9 Å². The third-order valence-electron chi connectivity index (χ3n) is 3.96. The van der Waals surface area contributed by atoms with Crippen LogP contribution in [0.2, 0.25) is 0 Å². The van der Waals surface area contributed by atoms with Crippen molar-refractivity contribution in [1.29, 1.82) is 0 Å². The van der Waals surface area contributed by atoms with Gasteiger partial charge in [-0.3, -0.25) is 4.79 Å². The Bertz CT molecular complexity index is 952. The summed E-state index contributed by atoms with van der Waals surface area (Å²) in [6.07, 6.45) is 0. The molecule has 2 aromatic carbocycles. The van der Waals surface area contributed by atoms with Crippen LogP contribution in [0.5, 0.6) is 0 Å². The van der Waals surface area contributed by atoms with Crippen molar-refractivity contribution < 1.29 is 18.7 Å². The molecule has 138 valence electrons. The van der Waals surface area contributed by atoms with Gasteiger partial charge in [-0.2, -0.15) is 0 Å². The fraction of sp³-hybridized carbons (Fsp3) is 0.150. The van der Waals surface area contributed by atoms with Crippen molar-refractivity contribution in [3.05, 3.63) is 76.5 Å². The Morgan fingerprint density at radius 2 is 1.78 bits per heavy atom. The fourth-order valence-electron chi connectivity index (χ4n) is 2.50. The lowest BCUT2D eigenvalue weighted by atomic mass is 10.1. The second kappa shape index (κ2) is 8.09. The van der Waals surface area contributed by atoms with Crippen molar-refractivity contribution >= 4 is 23.2 Å². The highest BCUT2D eigenvalue weighted by atomic mass is 32.1. The predicted octanol–water partition coefficient (Wildman–Crippen LogP) is 4.01. The van der Waals surface area contributed by atoms with Crippen LogP contribution in [0.3, 0.4) is 0 Å². The van der Waals surface area contributed by atoms with E-state index in [-0.39, 0.29) is 11.7 Å². The molecule has 27 heavy (non-hydrogen) atoms. The molecule has 0 radical (unpaired) electrons. The maximum absolute atomic E-state index is 13.0. The Kier molecular flexibility index (Phi) is 5.61.